The van der Waals surface area contributed by atoms with E-state index in [1.54, 1.807) is 42.5 Å². The fourth-order valence-corrected chi connectivity index (χ4v) is 2.87. The average molecular weight is 343 g/mol. The zero-order valence-corrected chi connectivity index (χ0v) is 13.7. The lowest BCUT2D eigenvalue weighted by molar-refractivity contribution is -0.122. The summed E-state index contributed by atoms with van der Waals surface area (Å²) in [6, 6.07) is 13.4. The Kier molecular flexibility index (Phi) is 4.36. The third-order valence-electron chi connectivity index (χ3n) is 3.91. The van der Waals surface area contributed by atoms with Gasteiger partial charge in [-0.05, 0) is 36.8 Å². The van der Waals surface area contributed by atoms with E-state index in [4.69, 9.17) is 11.6 Å². The van der Waals surface area contributed by atoms with Crippen molar-refractivity contribution in [1.29, 1.82) is 0 Å². The molecule has 0 bridgehead atoms. The number of hydrogen-bond acceptors (Lipinski definition) is 3. The summed E-state index contributed by atoms with van der Waals surface area (Å²) in [5, 5.41) is 3.35. The first-order valence-corrected chi connectivity index (χ1v) is 7.85. The number of hydrogen-bond donors (Lipinski definition) is 1. The molecule has 0 fully saturated rings. The Labute approximate surface area is 144 Å². The summed E-state index contributed by atoms with van der Waals surface area (Å²) in [5.74, 6) is -1.29. The summed E-state index contributed by atoms with van der Waals surface area (Å²) < 4.78 is 0. The molecule has 1 heterocycles. The van der Waals surface area contributed by atoms with Crippen LogP contribution in [0.2, 0.25) is 5.02 Å². The van der Waals surface area contributed by atoms with Gasteiger partial charge in [0.25, 0.3) is 11.8 Å². The first kappa shape index (κ1) is 16.2. The van der Waals surface area contributed by atoms with Crippen molar-refractivity contribution in [2.75, 3.05) is 6.54 Å². The Balaban J connectivity index is 1.68. The van der Waals surface area contributed by atoms with Crippen molar-refractivity contribution in [1.82, 2.24) is 10.2 Å². The molecule has 2 aromatic carbocycles. The second kappa shape index (κ2) is 6.45. The van der Waals surface area contributed by atoms with Crippen LogP contribution in [0.15, 0.2) is 48.5 Å². The fraction of sp³-hybridized carbons (Fsp3) is 0.167. The van der Waals surface area contributed by atoms with Crippen LogP contribution >= 0.6 is 11.6 Å². The highest BCUT2D eigenvalue weighted by molar-refractivity contribution is 6.30. The standard InChI is InChI=1S/C18H15ClN2O3/c1-11(12-5-4-6-13(19)9-12)20-16(22)10-21-17(23)14-7-2-3-8-15(14)18(21)24/h2-9,11H,10H2,1H3,(H,20,22)/t11-/m0/s1. The van der Waals surface area contributed by atoms with Crippen LogP contribution in [-0.4, -0.2) is 29.2 Å². The van der Waals surface area contributed by atoms with Gasteiger partial charge in [0.2, 0.25) is 5.91 Å². The molecule has 1 N–H and O–H groups in total. The first-order valence-electron chi connectivity index (χ1n) is 7.47. The van der Waals surface area contributed by atoms with E-state index in [1.165, 1.54) is 0 Å². The van der Waals surface area contributed by atoms with Gasteiger partial charge in [-0.3, -0.25) is 19.3 Å². The van der Waals surface area contributed by atoms with E-state index in [9.17, 15) is 14.4 Å². The third kappa shape index (κ3) is 3.03. The molecule has 0 radical (unpaired) electrons. The van der Waals surface area contributed by atoms with Crippen LogP contribution < -0.4 is 5.32 Å². The lowest BCUT2D eigenvalue weighted by atomic mass is 10.1. The molecule has 0 aliphatic carbocycles. The minimum Gasteiger partial charge on any atom is -0.348 e. The number of imide groups is 1. The van der Waals surface area contributed by atoms with Crippen molar-refractivity contribution >= 4 is 29.3 Å². The third-order valence-corrected chi connectivity index (χ3v) is 4.14. The van der Waals surface area contributed by atoms with Crippen LogP contribution in [0.3, 0.4) is 0 Å². The maximum atomic E-state index is 12.3. The number of halogens is 1. The normalized spacial score (nSPS) is 14.5. The number of amides is 3. The zero-order valence-electron chi connectivity index (χ0n) is 13.0. The van der Waals surface area contributed by atoms with Gasteiger partial charge < -0.3 is 5.32 Å². The van der Waals surface area contributed by atoms with Crippen LogP contribution in [0.5, 0.6) is 0 Å². The van der Waals surface area contributed by atoms with Crippen LogP contribution in [0.1, 0.15) is 39.2 Å². The Hall–Kier alpha value is -2.66. The second-order valence-corrected chi connectivity index (χ2v) is 6.02. The first-order chi connectivity index (χ1) is 11.5. The summed E-state index contributed by atoms with van der Waals surface area (Å²) in [4.78, 5) is 37.7. The summed E-state index contributed by atoms with van der Waals surface area (Å²) in [6.45, 7) is 1.50. The molecule has 1 aliphatic rings. The maximum Gasteiger partial charge on any atom is 0.262 e. The second-order valence-electron chi connectivity index (χ2n) is 5.59. The average Bonchev–Trinajstić information content (AvgIpc) is 2.80. The minimum absolute atomic E-state index is 0.286. The quantitative estimate of drug-likeness (QED) is 0.869. The van der Waals surface area contributed by atoms with Crippen LogP contribution in [0.4, 0.5) is 0 Å². The van der Waals surface area contributed by atoms with Crippen molar-refractivity contribution in [2.24, 2.45) is 0 Å². The highest BCUT2D eigenvalue weighted by atomic mass is 35.5. The monoisotopic (exact) mass is 342 g/mol. The lowest BCUT2D eigenvalue weighted by Crippen LogP contribution is -2.41. The van der Waals surface area contributed by atoms with E-state index in [0.29, 0.717) is 16.1 Å². The van der Waals surface area contributed by atoms with Gasteiger partial charge >= 0.3 is 0 Å². The molecule has 2 aromatic rings. The topological polar surface area (TPSA) is 66.5 Å². The number of benzene rings is 2. The molecule has 0 saturated heterocycles. The Bertz CT molecular complexity index is 800. The van der Waals surface area contributed by atoms with Gasteiger partial charge in [-0.2, -0.15) is 0 Å². The Morgan fingerprint density at radius 1 is 1.08 bits per heavy atom. The highest BCUT2D eigenvalue weighted by Crippen LogP contribution is 2.22. The number of carbonyl (C=O) groups is 3. The van der Waals surface area contributed by atoms with Crippen molar-refractivity contribution < 1.29 is 14.4 Å². The van der Waals surface area contributed by atoms with Crippen LogP contribution in [0.25, 0.3) is 0 Å². The molecule has 0 spiro atoms. The van der Waals surface area contributed by atoms with Crippen molar-refractivity contribution in [2.45, 2.75) is 13.0 Å². The fourth-order valence-electron chi connectivity index (χ4n) is 2.67. The molecule has 3 rings (SSSR count). The molecule has 0 unspecified atom stereocenters. The van der Waals surface area contributed by atoms with Crippen molar-refractivity contribution in [3.05, 3.63) is 70.2 Å². The summed E-state index contributed by atoms with van der Waals surface area (Å²) >= 11 is 5.94. The van der Waals surface area contributed by atoms with Gasteiger partial charge in [0.05, 0.1) is 17.2 Å². The predicted octanol–water partition coefficient (Wildman–Crippen LogP) is 2.81. The molecule has 3 amide bonds. The molecular formula is C18H15ClN2O3. The Morgan fingerprint density at radius 3 is 2.29 bits per heavy atom. The van der Waals surface area contributed by atoms with E-state index < -0.39 is 17.7 Å². The summed E-state index contributed by atoms with van der Waals surface area (Å²) in [7, 11) is 0. The largest absolute Gasteiger partial charge is 0.348 e. The van der Waals surface area contributed by atoms with Crippen LogP contribution in [0, 0.1) is 0 Å². The maximum absolute atomic E-state index is 12.3. The lowest BCUT2D eigenvalue weighted by Gasteiger charge is -2.18. The smallest absolute Gasteiger partial charge is 0.262 e. The van der Waals surface area contributed by atoms with Gasteiger partial charge in [0.15, 0.2) is 0 Å². The summed E-state index contributed by atoms with van der Waals surface area (Å²) in [6.07, 6.45) is 0. The molecule has 1 atom stereocenters. The number of nitrogens with one attached hydrogen (secondary N) is 1. The van der Waals surface area contributed by atoms with E-state index in [2.05, 4.69) is 5.32 Å². The van der Waals surface area contributed by atoms with Crippen molar-refractivity contribution in [3.63, 3.8) is 0 Å². The van der Waals surface area contributed by atoms with E-state index in [-0.39, 0.29) is 12.6 Å². The molecule has 0 aromatic heterocycles. The molecule has 0 saturated carbocycles. The number of rotatable bonds is 4. The van der Waals surface area contributed by atoms with Gasteiger partial charge in [0, 0.05) is 5.02 Å². The zero-order chi connectivity index (χ0) is 17.3. The number of carbonyl (C=O) groups excluding carboxylic acids is 3. The van der Waals surface area contributed by atoms with E-state index in [0.717, 1.165) is 10.5 Å². The number of fused-ring (bicyclic) bond motifs is 1. The van der Waals surface area contributed by atoms with E-state index >= 15 is 0 Å². The molecule has 122 valence electrons. The predicted molar refractivity (Wildman–Crippen MR) is 89.8 cm³/mol. The highest BCUT2D eigenvalue weighted by Gasteiger charge is 2.36. The minimum atomic E-state index is -0.443. The van der Waals surface area contributed by atoms with E-state index in [1.807, 2.05) is 13.0 Å². The SMILES string of the molecule is C[C@H](NC(=O)CN1C(=O)c2ccccc2C1=O)c1cccc(Cl)c1. The van der Waals surface area contributed by atoms with Gasteiger partial charge in [-0.25, -0.2) is 0 Å². The molecular weight excluding hydrogens is 328 g/mol. The molecule has 6 heteroatoms. The molecule has 24 heavy (non-hydrogen) atoms. The molecule has 5 nitrogen and oxygen atoms in total. The van der Waals surface area contributed by atoms with Crippen molar-refractivity contribution in [3.8, 4) is 0 Å². The van der Waals surface area contributed by atoms with Gasteiger partial charge in [-0.1, -0.05) is 35.9 Å². The number of nitrogens with zero attached hydrogens (tertiary/aromatic N) is 1. The summed E-state index contributed by atoms with van der Waals surface area (Å²) in [5.41, 5.74) is 1.51. The van der Waals surface area contributed by atoms with Gasteiger partial charge in [-0.15, -0.1) is 0 Å². The molecule has 1 aliphatic heterocycles. The van der Waals surface area contributed by atoms with Gasteiger partial charge in [0.1, 0.15) is 6.54 Å². The Morgan fingerprint density at radius 2 is 1.71 bits per heavy atom. The van der Waals surface area contributed by atoms with Crippen LogP contribution in [-0.2, 0) is 4.79 Å².